The molecule has 0 aliphatic carbocycles. The van der Waals surface area contributed by atoms with E-state index in [9.17, 15) is 4.79 Å². The first-order valence-electron chi connectivity index (χ1n) is 7.74. The molecular weight excluding hydrogens is 322 g/mol. The van der Waals surface area contributed by atoms with E-state index in [0.717, 1.165) is 22.0 Å². The molecule has 1 aliphatic heterocycles. The Hall–Kier alpha value is -2.60. The highest BCUT2D eigenvalue weighted by Crippen LogP contribution is 2.32. The highest BCUT2D eigenvalue weighted by atomic mass is 32.1. The highest BCUT2D eigenvalue weighted by Gasteiger charge is 2.32. The SMILES string of the molecule is COc1ccc(C2Cn3ccnc3CN2C(=O)c2cccs2)cc1. The number of amides is 1. The smallest absolute Gasteiger partial charge is 0.264 e. The second-order valence-corrected chi connectivity index (χ2v) is 6.64. The molecule has 1 amide bonds. The molecule has 0 N–H and O–H groups in total. The third kappa shape index (κ3) is 2.59. The minimum Gasteiger partial charge on any atom is -0.497 e. The normalized spacial score (nSPS) is 16.7. The minimum atomic E-state index is -0.0211. The molecule has 0 saturated heterocycles. The lowest BCUT2D eigenvalue weighted by Gasteiger charge is -2.36. The number of fused-ring (bicyclic) bond motifs is 1. The number of ether oxygens (including phenoxy) is 1. The molecule has 3 aromatic rings. The summed E-state index contributed by atoms with van der Waals surface area (Å²) >= 11 is 1.47. The number of imidazole rings is 1. The average molecular weight is 339 g/mol. The Labute approximate surface area is 144 Å². The van der Waals surface area contributed by atoms with Gasteiger partial charge in [-0.1, -0.05) is 18.2 Å². The predicted molar refractivity (Wildman–Crippen MR) is 92.2 cm³/mol. The summed E-state index contributed by atoms with van der Waals surface area (Å²) in [5, 5.41) is 1.93. The topological polar surface area (TPSA) is 47.4 Å². The third-order valence-corrected chi connectivity index (χ3v) is 5.21. The van der Waals surface area contributed by atoms with Crippen LogP contribution in [0.25, 0.3) is 0 Å². The van der Waals surface area contributed by atoms with E-state index in [1.807, 2.05) is 52.9 Å². The third-order valence-electron chi connectivity index (χ3n) is 4.35. The molecule has 1 aromatic carbocycles. The summed E-state index contributed by atoms with van der Waals surface area (Å²) in [6, 6.07) is 11.7. The molecule has 4 rings (SSSR count). The van der Waals surface area contributed by atoms with Crippen LogP contribution in [0.5, 0.6) is 5.75 Å². The fourth-order valence-corrected chi connectivity index (χ4v) is 3.75. The molecule has 1 atom stereocenters. The van der Waals surface area contributed by atoms with Crippen LogP contribution < -0.4 is 4.74 Å². The Morgan fingerprint density at radius 2 is 2.12 bits per heavy atom. The molecule has 6 heteroatoms. The highest BCUT2D eigenvalue weighted by molar-refractivity contribution is 7.12. The lowest BCUT2D eigenvalue weighted by Crippen LogP contribution is -2.40. The molecule has 24 heavy (non-hydrogen) atoms. The molecule has 0 spiro atoms. The number of rotatable bonds is 3. The number of hydrogen-bond acceptors (Lipinski definition) is 4. The van der Waals surface area contributed by atoms with Gasteiger partial charge in [0.25, 0.3) is 5.91 Å². The van der Waals surface area contributed by atoms with Crippen molar-refractivity contribution >= 4 is 17.2 Å². The van der Waals surface area contributed by atoms with Gasteiger partial charge in [0.05, 0.1) is 24.6 Å². The van der Waals surface area contributed by atoms with Crippen LogP contribution in [0.4, 0.5) is 0 Å². The van der Waals surface area contributed by atoms with Gasteiger partial charge in [0.15, 0.2) is 0 Å². The Kier molecular flexibility index (Phi) is 3.82. The number of nitrogens with zero attached hydrogens (tertiary/aromatic N) is 3. The van der Waals surface area contributed by atoms with Gasteiger partial charge in [0, 0.05) is 18.9 Å². The van der Waals surface area contributed by atoms with Gasteiger partial charge in [-0.25, -0.2) is 4.98 Å². The van der Waals surface area contributed by atoms with Crippen LogP contribution in [0.1, 0.15) is 27.1 Å². The molecule has 0 saturated carbocycles. The average Bonchev–Trinajstić information content (AvgIpc) is 3.31. The van der Waals surface area contributed by atoms with Crippen molar-refractivity contribution in [2.75, 3.05) is 7.11 Å². The molecule has 2 aromatic heterocycles. The van der Waals surface area contributed by atoms with E-state index in [4.69, 9.17) is 4.74 Å². The second-order valence-electron chi connectivity index (χ2n) is 5.70. The standard InChI is InChI=1S/C18H17N3O2S/c1-23-14-6-4-13(5-7-14)15-11-20-9-8-19-17(20)12-21(15)18(22)16-3-2-10-24-16/h2-10,15H,11-12H2,1H3. The van der Waals surface area contributed by atoms with Crippen molar-refractivity contribution in [3.8, 4) is 5.75 Å². The van der Waals surface area contributed by atoms with Gasteiger partial charge in [-0.3, -0.25) is 4.79 Å². The summed E-state index contributed by atoms with van der Waals surface area (Å²) in [6.45, 7) is 1.22. The van der Waals surface area contributed by atoms with Crippen LogP contribution in [0.3, 0.4) is 0 Å². The van der Waals surface area contributed by atoms with E-state index in [0.29, 0.717) is 13.1 Å². The van der Waals surface area contributed by atoms with Gasteiger partial charge in [-0.05, 0) is 29.1 Å². The van der Waals surface area contributed by atoms with E-state index in [2.05, 4.69) is 9.55 Å². The summed E-state index contributed by atoms with van der Waals surface area (Å²) < 4.78 is 7.36. The molecule has 1 unspecified atom stereocenters. The molecule has 3 heterocycles. The van der Waals surface area contributed by atoms with E-state index in [1.54, 1.807) is 13.3 Å². The van der Waals surface area contributed by atoms with Crippen molar-refractivity contribution in [3.05, 3.63) is 70.4 Å². The van der Waals surface area contributed by atoms with Crippen molar-refractivity contribution in [2.24, 2.45) is 0 Å². The molecule has 0 radical (unpaired) electrons. The minimum absolute atomic E-state index is 0.0211. The number of benzene rings is 1. The Morgan fingerprint density at radius 3 is 2.83 bits per heavy atom. The Bertz CT molecular complexity index is 840. The zero-order valence-corrected chi connectivity index (χ0v) is 14.1. The number of hydrogen-bond donors (Lipinski definition) is 0. The van der Waals surface area contributed by atoms with Crippen LogP contribution in [-0.2, 0) is 13.1 Å². The number of carbonyl (C=O) groups is 1. The molecular formula is C18H17N3O2S. The number of carbonyl (C=O) groups excluding carboxylic acids is 1. The summed E-state index contributed by atoms with van der Waals surface area (Å²) in [7, 11) is 1.65. The first-order valence-corrected chi connectivity index (χ1v) is 8.62. The van der Waals surface area contributed by atoms with E-state index in [-0.39, 0.29) is 11.9 Å². The summed E-state index contributed by atoms with van der Waals surface area (Å²) in [6.07, 6.45) is 3.76. The lowest BCUT2D eigenvalue weighted by atomic mass is 10.0. The van der Waals surface area contributed by atoms with E-state index in [1.165, 1.54) is 11.3 Å². The van der Waals surface area contributed by atoms with Crippen LogP contribution in [0.2, 0.25) is 0 Å². The zero-order valence-electron chi connectivity index (χ0n) is 13.3. The van der Waals surface area contributed by atoms with Gasteiger partial charge in [-0.2, -0.15) is 0 Å². The molecule has 5 nitrogen and oxygen atoms in total. The zero-order chi connectivity index (χ0) is 16.5. The number of aromatic nitrogens is 2. The first kappa shape index (κ1) is 15.0. The summed E-state index contributed by atoms with van der Waals surface area (Å²) in [5.74, 6) is 1.79. The predicted octanol–water partition coefficient (Wildman–Crippen LogP) is 3.35. The van der Waals surface area contributed by atoms with Crippen molar-refractivity contribution in [3.63, 3.8) is 0 Å². The maximum absolute atomic E-state index is 13.0. The van der Waals surface area contributed by atoms with Crippen molar-refractivity contribution in [1.29, 1.82) is 0 Å². The lowest BCUT2D eigenvalue weighted by molar-refractivity contribution is 0.0589. The fraction of sp³-hybridized carbons (Fsp3) is 0.222. The molecule has 122 valence electrons. The summed E-state index contributed by atoms with van der Waals surface area (Å²) in [5.41, 5.74) is 1.10. The van der Waals surface area contributed by atoms with Crippen LogP contribution in [0, 0.1) is 0 Å². The van der Waals surface area contributed by atoms with E-state index < -0.39 is 0 Å². The molecule has 1 aliphatic rings. The van der Waals surface area contributed by atoms with Gasteiger partial charge >= 0.3 is 0 Å². The second kappa shape index (κ2) is 6.13. The number of methoxy groups -OCH3 is 1. The van der Waals surface area contributed by atoms with Crippen LogP contribution >= 0.6 is 11.3 Å². The Morgan fingerprint density at radius 1 is 1.29 bits per heavy atom. The van der Waals surface area contributed by atoms with Crippen molar-refractivity contribution in [2.45, 2.75) is 19.1 Å². The first-order chi connectivity index (χ1) is 11.8. The van der Waals surface area contributed by atoms with Crippen LogP contribution in [0.15, 0.2) is 54.2 Å². The largest absolute Gasteiger partial charge is 0.497 e. The van der Waals surface area contributed by atoms with Gasteiger partial charge in [-0.15, -0.1) is 11.3 Å². The molecule has 0 fully saturated rings. The fourth-order valence-electron chi connectivity index (χ4n) is 3.07. The van der Waals surface area contributed by atoms with Crippen molar-refractivity contribution < 1.29 is 9.53 Å². The van der Waals surface area contributed by atoms with Crippen LogP contribution in [-0.4, -0.2) is 27.5 Å². The van der Waals surface area contributed by atoms with Gasteiger partial charge in [0.2, 0.25) is 0 Å². The Balaban J connectivity index is 1.71. The number of thiophene rings is 1. The van der Waals surface area contributed by atoms with Gasteiger partial charge < -0.3 is 14.2 Å². The van der Waals surface area contributed by atoms with E-state index >= 15 is 0 Å². The summed E-state index contributed by atoms with van der Waals surface area (Å²) in [4.78, 5) is 20.0. The monoisotopic (exact) mass is 339 g/mol. The molecule has 0 bridgehead atoms. The quantitative estimate of drug-likeness (QED) is 0.735. The maximum atomic E-state index is 13.0. The maximum Gasteiger partial charge on any atom is 0.264 e. The van der Waals surface area contributed by atoms with Gasteiger partial charge in [0.1, 0.15) is 11.6 Å². The van der Waals surface area contributed by atoms with Crippen molar-refractivity contribution in [1.82, 2.24) is 14.5 Å².